The first-order chi connectivity index (χ1) is 13.1. The Morgan fingerprint density at radius 1 is 0.889 bits per heavy atom. The van der Waals surface area contributed by atoms with Crippen LogP contribution in [0.2, 0.25) is 0 Å². The van der Waals surface area contributed by atoms with Crippen molar-refractivity contribution in [2.24, 2.45) is 0 Å². The van der Waals surface area contributed by atoms with Crippen LogP contribution in [0.25, 0.3) is 0 Å². The van der Waals surface area contributed by atoms with Crippen LogP contribution in [-0.4, -0.2) is 24.0 Å². The van der Waals surface area contributed by atoms with Crippen molar-refractivity contribution in [2.45, 2.75) is 26.4 Å². The van der Waals surface area contributed by atoms with Crippen LogP contribution in [0.3, 0.4) is 0 Å². The Bertz CT molecular complexity index is 861. The van der Waals surface area contributed by atoms with Crippen molar-refractivity contribution < 1.29 is 4.79 Å². The smallest absolute Gasteiger partial charge is 0.276 e. The van der Waals surface area contributed by atoms with Gasteiger partial charge in [0.2, 0.25) is 0 Å². The number of amides is 1. The second-order valence-corrected chi connectivity index (χ2v) is 6.81. The molecule has 1 aromatic heterocycles. The molecule has 0 aliphatic heterocycles. The fourth-order valence-electron chi connectivity index (χ4n) is 2.98. The van der Waals surface area contributed by atoms with E-state index in [2.05, 4.69) is 35.9 Å². The zero-order valence-electron chi connectivity index (χ0n) is 16.0. The summed E-state index contributed by atoms with van der Waals surface area (Å²) in [7, 11) is 1.77. The summed E-state index contributed by atoms with van der Waals surface area (Å²) in [5.74, 6) is -0.119. The maximum atomic E-state index is 12.7. The molecule has 3 rings (SSSR count). The highest BCUT2D eigenvalue weighted by molar-refractivity contribution is 6.04. The highest BCUT2D eigenvalue weighted by Crippen LogP contribution is 2.21. The number of pyridine rings is 1. The number of rotatable bonds is 6. The maximum Gasteiger partial charge on any atom is 0.276 e. The van der Waals surface area contributed by atoms with Gasteiger partial charge in [-0.2, -0.15) is 0 Å². The van der Waals surface area contributed by atoms with Crippen molar-refractivity contribution >= 4 is 17.3 Å². The number of benzene rings is 2. The molecule has 0 spiro atoms. The Morgan fingerprint density at radius 2 is 1.52 bits per heavy atom. The normalized spacial score (nSPS) is 10.7. The molecule has 0 atom stereocenters. The zero-order chi connectivity index (χ0) is 19.2. The fraction of sp³-hybridized carbons (Fsp3) is 0.217. The van der Waals surface area contributed by atoms with Crippen LogP contribution in [0.5, 0.6) is 0 Å². The van der Waals surface area contributed by atoms with Crippen LogP contribution in [0, 0.1) is 0 Å². The molecule has 0 unspecified atom stereocenters. The molecule has 138 valence electrons. The molecule has 4 heteroatoms. The average molecular weight is 359 g/mol. The van der Waals surface area contributed by atoms with Gasteiger partial charge in [-0.15, -0.1) is 0 Å². The molecule has 0 radical (unpaired) electrons. The van der Waals surface area contributed by atoms with Crippen molar-refractivity contribution in [3.8, 4) is 0 Å². The first-order valence-electron chi connectivity index (χ1n) is 9.16. The van der Waals surface area contributed by atoms with E-state index < -0.39 is 0 Å². The lowest BCUT2D eigenvalue weighted by Crippen LogP contribution is -2.31. The van der Waals surface area contributed by atoms with E-state index in [4.69, 9.17) is 0 Å². The lowest BCUT2D eigenvalue weighted by atomic mass is 10.1. The summed E-state index contributed by atoms with van der Waals surface area (Å²) in [6, 6.07) is 24.0. The number of nitrogens with zero attached hydrogens (tertiary/aromatic N) is 3. The average Bonchev–Trinajstić information content (AvgIpc) is 2.72. The van der Waals surface area contributed by atoms with Gasteiger partial charge in [0.15, 0.2) is 0 Å². The number of hydrogen-bond donors (Lipinski definition) is 0. The minimum Gasteiger partial charge on any atom is -0.364 e. The monoisotopic (exact) mass is 359 g/mol. The SMILES string of the molecule is CC(C)N(Cc1ccccc1)c1ccc(C(=O)N(C)c2ccccc2)nc1. The molecule has 1 heterocycles. The molecule has 4 nitrogen and oxygen atoms in total. The van der Waals surface area contributed by atoms with Crippen molar-refractivity contribution in [2.75, 3.05) is 16.8 Å². The Labute approximate surface area is 161 Å². The third-order valence-electron chi connectivity index (χ3n) is 4.57. The van der Waals surface area contributed by atoms with Crippen molar-refractivity contribution in [3.05, 3.63) is 90.3 Å². The van der Waals surface area contributed by atoms with E-state index in [0.29, 0.717) is 11.7 Å². The third-order valence-corrected chi connectivity index (χ3v) is 4.57. The van der Waals surface area contributed by atoms with Gasteiger partial charge in [0.05, 0.1) is 11.9 Å². The van der Waals surface area contributed by atoms with Gasteiger partial charge < -0.3 is 9.80 Å². The third kappa shape index (κ3) is 4.53. The predicted molar refractivity (Wildman–Crippen MR) is 111 cm³/mol. The van der Waals surface area contributed by atoms with Gasteiger partial charge in [-0.1, -0.05) is 48.5 Å². The van der Waals surface area contributed by atoms with Crippen LogP contribution in [0.4, 0.5) is 11.4 Å². The molecule has 0 aliphatic carbocycles. The minimum absolute atomic E-state index is 0.119. The number of anilines is 2. The van der Waals surface area contributed by atoms with Crippen LogP contribution >= 0.6 is 0 Å². The van der Waals surface area contributed by atoms with E-state index in [-0.39, 0.29) is 5.91 Å². The van der Waals surface area contributed by atoms with Crippen molar-refractivity contribution in [3.63, 3.8) is 0 Å². The molecule has 27 heavy (non-hydrogen) atoms. The largest absolute Gasteiger partial charge is 0.364 e. The number of carbonyl (C=O) groups excluding carboxylic acids is 1. The van der Waals surface area contributed by atoms with Gasteiger partial charge in [0.25, 0.3) is 5.91 Å². The van der Waals surface area contributed by atoms with Gasteiger partial charge in [0, 0.05) is 25.3 Å². The lowest BCUT2D eigenvalue weighted by Gasteiger charge is -2.29. The number of carbonyl (C=O) groups is 1. The zero-order valence-corrected chi connectivity index (χ0v) is 16.0. The van der Waals surface area contributed by atoms with E-state index in [1.165, 1.54) is 5.56 Å². The topological polar surface area (TPSA) is 36.4 Å². The van der Waals surface area contributed by atoms with Gasteiger partial charge >= 0.3 is 0 Å². The van der Waals surface area contributed by atoms with Crippen LogP contribution in [0.1, 0.15) is 29.9 Å². The van der Waals surface area contributed by atoms with E-state index in [0.717, 1.165) is 17.9 Å². The number of aromatic nitrogens is 1. The first-order valence-corrected chi connectivity index (χ1v) is 9.16. The summed E-state index contributed by atoms with van der Waals surface area (Å²) < 4.78 is 0. The molecule has 2 aromatic carbocycles. The summed E-state index contributed by atoms with van der Waals surface area (Å²) in [5.41, 5.74) is 3.54. The lowest BCUT2D eigenvalue weighted by molar-refractivity contribution is 0.0988. The molecule has 0 fully saturated rings. The van der Waals surface area contributed by atoms with E-state index in [1.807, 2.05) is 54.6 Å². The van der Waals surface area contributed by atoms with E-state index >= 15 is 0 Å². The second kappa shape index (κ2) is 8.49. The van der Waals surface area contributed by atoms with Crippen molar-refractivity contribution in [1.82, 2.24) is 4.98 Å². The highest BCUT2D eigenvalue weighted by Gasteiger charge is 2.16. The number of para-hydroxylation sites is 1. The second-order valence-electron chi connectivity index (χ2n) is 6.81. The quantitative estimate of drug-likeness (QED) is 0.636. The maximum absolute atomic E-state index is 12.7. The molecule has 0 saturated carbocycles. The van der Waals surface area contributed by atoms with E-state index in [9.17, 15) is 4.79 Å². The summed E-state index contributed by atoms with van der Waals surface area (Å²) in [6.07, 6.45) is 1.79. The Balaban J connectivity index is 1.77. The first kappa shape index (κ1) is 18.6. The Kier molecular flexibility index (Phi) is 5.87. The molecular formula is C23H25N3O. The van der Waals surface area contributed by atoms with Gasteiger partial charge in [-0.05, 0) is 43.7 Å². The van der Waals surface area contributed by atoms with Crippen LogP contribution in [0.15, 0.2) is 79.0 Å². The van der Waals surface area contributed by atoms with Crippen LogP contribution < -0.4 is 9.80 Å². The molecule has 3 aromatic rings. The standard InChI is InChI=1S/C23H25N3O/c1-18(2)26(17-19-10-6-4-7-11-19)21-14-15-22(24-16-21)23(27)25(3)20-12-8-5-9-13-20/h4-16,18H,17H2,1-3H3. The van der Waals surface area contributed by atoms with E-state index in [1.54, 1.807) is 24.2 Å². The van der Waals surface area contributed by atoms with Crippen LogP contribution in [-0.2, 0) is 6.54 Å². The molecule has 0 saturated heterocycles. The summed E-state index contributed by atoms with van der Waals surface area (Å²) in [5, 5.41) is 0. The Hall–Kier alpha value is -3.14. The van der Waals surface area contributed by atoms with Crippen molar-refractivity contribution in [1.29, 1.82) is 0 Å². The molecule has 0 N–H and O–H groups in total. The molecular weight excluding hydrogens is 334 g/mol. The predicted octanol–water partition coefficient (Wildman–Crippen LogP) is 4.77. The molecule has 0 aliphatic rings. The molecule has 0 bridgehead atoms. The minimum atomic E-state index is -0.119. The Morgan fingerprint density at radius 3 is 2.07 bits per heavy atom. The highest BCUT2D eigenvalue weighted by atomic mass is 16.2. The van der Waals surface area contributed by atoms with Gasteiger partial charge in [0.1, 0.15) is 5.69 Å². The fourth-order valence-corrected chi connectivity index (χ4v) is 2.98. The number of hydrogen-bond acceptors (Lipinski definition) is 3. The summed E-state index contributed by atoms with van der Waals surface area (Å²) in [4.78, 5) is 21.0. The summed E-state index contributed by atoms with van der Waals surface area (Å²) in [6.45, 7) is 5.12. The van der Waals surface area contributed by atoms with Gasteiger partial charge in [-0.25, -0.2) is 4.98 Å². The molecule has 1 amide bonds. The van der Waals surface area contributed by atoms with Gasteiger partial charge in [-0.3, -0.25) is 4.79 Å². The summed E-state index contributed by atoms with van der Waals surface area (Å²) >= 11 is 0.